The Morgan fingerprint density at radius 3 is 2.10 bits per heavy atom. The first-order chi connectivity index (χ1) is 18.8. The summed E-state index contributed by atoms with van der Waals surface area (Å²) in [4.78, 5) is 53.1. The molecule has 0 spiro atoms. The van der Waals surface area contributed by atoms with Crippen LogP contribution in [0.15, 0.2) is 72.2 Å². The van der Waals surface area contributed by atoms with Crippen molar-refractivity contribution in [3.8, 4) is 11.1 Å². The highest BCUT2D eigenvalue weighted by Gasteiger charge is 2.22. The zero-order chi connectivity index (χ0) is 29.6. The topological polar surface area (TPSA) is 157 Å². The molecule has 0 unspecified atom stereocenters. The van der Waals surface area contributed by atoms with E-state index in [1.54, 1.807) is 69.3 Å². The second-order valence-electron chi connectivity index (χ2n) is 9.58. The number of carbonyl (C=O) groups excluding carboxylic acids is 3. The van der Waals surface area contributed by atoms with Crippen molar-refractivity contribution in [2.45, 2.75) is 26.4 Å². The van der Waals surface area contributed by atoms with E-state index in [1.165, 1.54) is 25.3 Å². The Balaban J connectivity index is 1.95. The Bertz CT molecular complexity index is 1520. The van der Waals surface area contributed by atoms with E-state index < -0.39 is 29.5 Å². The average Bonchev–Trinajstić information content (AvgIpc) is 2.91. The van der Waals surface area contributed by atoms with Crippen molar-refractivity contribution >= 4 is 41.5 Å². The number of nitrogens with two attached hydrogens (primary N) is 1. The molecule has 0 heterocycles. The van der Waals surface area contributed by atoms with Crippen LogP contribution in [0, 0.1) is 0 Å². The van der Waals surface area contributed by atoms with E-state index in [1.807, 2.05) is 0 Å². The third-order valence-electron chi connectivity index (χ3n) is 5.53. The largest absolute Gasteiger partial charge is 0.478 e. The maximum absolute atomic E-state index is 13.4. The number of hydrogen-bond acceptors (Lipinski definition) is 6. The number of ether oxygens (including phenoxy) is 2. The van der Waals surface area contributed by atoms with Gasteiger partial charge in [-0.15, -0.1) is 0 Å². The van der Waals surface area contributed by atoms with Crippen LogP contribution >= 0.6 is 0 Å². The van der Waals surface area contributed by atoms with Crippen molar-refractivity contribution in [2.24, 2.45) is 10.7 Å². The van der Waals surface area contributed by atoms with Gasteiger partial charge in [-0.2, -0.15) is 4.99 Å². The van der Waals surface area contributed by atoms with Gasteiger partial charge in [0.1, 0.15) is 11.4 Å². The average molecular weight is 544 g/mol. The molecule has 10 nitrogen and oxygen atoms in total. The quantitative estimate of drug-likeness (QED) is 0.204. The van der Waals surface area contributed by atoms with Gasteiger partial charge in [0, 0.05) is 16.8 Å². The predicted octanol–water partition coefficient (Wildman–Crippen LogP) is 5.37. The highest BCUT2D eigenvalue weighted by Crippen LogP contribution is 2.31. The highest BCUT2D eigenvalue weighted by atomic mass is 16.6. The molecule has 0 fully saturated rings. The molecule has 3 aromatic carbocycles. The molecule has 2 amide bonds. The maximum Gasteiger partial charge on any atom is 0.436 e. The van der Waals surface area contributed by atoms with E-state index in [9.17, 15) is 24.3 Å². The molecule has 0 aliphatic heterocycles. The highest BCUT2D eigenvalue weighted by molar-refractivity contribution is 6.11. The van der Waals surface area contributed by atoms with Crippen LogP contribution in [0.5, 0.6) is 0 Å². The third-order valence-corrected chi connectivity index (χ3v) is 5.53. The Morgan fingerprint density at radius 1 is 0.925 bits per heavy atom. The zero-order valence-electron chi connectivity index (χ0n) is 22.5. The van der Waals surface area contributed by atoms with Gasteiger partial charge in [0.25, 0.3) is 5.91 Å². The summed E-state index contributed by atoms with van der Waals surface area (Å²) in [6, 6.07) is 15.3. The number of carboxylic acid groups (broad SMARTS) is 1. The fourth-order valence-electron chi connectivity index (χ4n) is 3.67. The molecule has 0 radical (unpaired) electrons. The minimum Gasteiger partial charge on any atom is -0.478 e. The molecule has 0 aliphatic rings. The summed E-state index contributed by atoms with van der Waals surface area (Å²) in [5.41, 5.74) is 7.52. The Labute approximate surface area is 231 Å². The molecule has 0 bridgehead atoms. The molecule has 4 N–H and O–H groups in total. The number of methoxy groups -OCH3 is 1. The van der Waals surface area contributed by atoms with Crippen LogP contribution in [0.25, 0.3) is 17.2 Å². The van der Waals surface area contributed by atoms with E-state index >= 15 is 0 Å². The van der Waals surface area contributed by atoms with Gasteiger partial charge in [-0.3, -0.25) is 4.79 Å². The van der Waals surface area contributed by atoms with Gasteiger partial charge in [0.05, 0.1) is 18.2 Å². The van der Waals surface area contributed by atoms with Crippen molar-refractivity contribution < 1.29 is 33.8 Å². The van der Waals surface area contributed by atoms with Gasteiger partial charge in [-0.1, -0.05) is 30.9 Å². The first-order valence-electron chi connectivity index (χ1n) is 12.0. The van der Waals surface area contributed by atoms with Gasteiger partial charge in [0.15, 0.2) is 0 Å². The number of anilines is 1. The van der Waals surface area contributed by atoms with E-state index in [-0.39, 0.29) is 22.5 Å². The van der Waals surface area contributed by atoms with Crippen molar-refractivity contribution in [3.05, 3.63) is 95.1 Å². The lowest BCUT2D eigenvalue weighted by molar-refractivity contribution is 0.0592. The summed E-state index contributed by atoms with van der Waals surface area (Å²) in [6.07, 6.45) is 0.747. The van der Waals surface area contributed by atoms with Crippen LogP contribution in [0.1, 0.15) is 63.0 Å². The molecule has 0 atom stereocenters. The summed E-state index contributed by atoms with van der Waals surface area (Å²) >= 11 is 0. The predicted molar refractivity (Wildman–Crippen MR) is 152 cm³/mol. The maximum atomic E-state index is 13.4. The summed E-state index contributed by atoms with van der Waals surface area (Å²) in [5, 5.41) is 12.2. The summed E-state index contributed by atoms with van der Waals surface area (Å²) in [6.45, 7) is 8.89. The number of carbonyl (C=O) groups is 4. The first-order valence-corrected chi connectivity index (χ1v) is 12.0. The number of amides is 2. The fourth-order valence-corrected chi connectivity index (χ4v) is 3.67. The third kappa shape index (κ3) is 7.19. The summed E-state index contributed by atoms with van der Waals surface area (Å²) in [7, 11) is 1.18. The van der Waals surface area contributed by atoms with E-state index in [0.717, 1.165) is 0 Å². The van der Waals surface area contributed by atoms with Crippen molar-refractivity contribution in [3.63, 3.8) is 0 Å². The van der Waals surface area contributed by atoms with E-state index in [2.05, 4.69) is 16.9 Å². The number of hydrogen-bond donors (Lipinski definition) is 3. The first kappa shape index (κ1) is 29.3. The molecule has 40 heavy (non-hydrogen) atoms. The lowest BCUT2D eigenvalue weighted by Gasteiger charge is -2.17. The number of benzene rings is 3. The number of carboxylic acids is 1. The zero-order valence-corrected chi connectivity index (χ0v) is 22.5. The smallest absolute Gasteiger partial charge is 0.436 e. The van der Waals surface area contributed by atoms with Gasteiger partial charge >= 0.3 is 18.0 Å². The molecule has 0 saturated heterocycles. The minimum atomic E-state index is -1.21. The number of esters is 1. The van der Waals surface area contributed by atoms with Gasteiger partial charge < -0.3 is 25.6 Å². The van der Waals surface area contributed by atoms with E-state index in [4.69, 9.17) is 15.2 Å². The van der Waals surface area contributed by atoms with Crippen molar-refractivity contribution in [1.29, 1.82) is 0 Å². The van der Waals surface area contributed by atoms with Crippen molar-refractivity contribution in [2.75, 3.05) is 12.4 Å². The standard InChI is InChI=1S/C30H29N3O7/c1-6-17-7-13-21(22-14-10-19(27(35)36)16-24(22)28(37)39-5)23(15-17)26(34)32-20-11-8-18(9-12-20)25(31)33-29(38)40-30(2,3)4/h6-16H,1H2,2-5H3,(H,32,34)(H,35,36)(H2,31,33,38). The molecule has 10 heteroatoms. The SMILES string of the molecule is C=Cc1ccc(-c2ccc(C(=O)O)cc2C(=O)OC)c(C(=O)Nc2ccc(/C(N)=N/C(=O)OC(C)(C)C)cc2)c1. The summed E-state index contributed by atoms with van der Waals surface area (Å²) in [5.74, 6) is -2.51. The molecule has 206 valence electrons. The monoisotopic (exact) mass is 543 g/mol. The van der Waals surface area contributed by atoms with Gasteiger partial charge in [-0.05, 0) is 79.9 Å². The second kappa shape index (κ2) is 12.1. The second-order valence-corrected chi connectivity index (χ2v) is 9.58. The molecular weight excluding hydrogens is 514 g/mol. The normalized spacial score (nSPS) is 11.3. The number of aliphatic imine (C=N–C) groups is 1. The van der Waals surface area contributed by atoms with Gasteiger partial charge in [0.2, 0.25) is 0 Å². The minimum absolute atomic E-state index is 0.00749. The fraction of sp³-hybridized carbons (Fsp3) is 0.167. The van der Waals surface area contributed by atoms with E-state index in [0.29, 0.717) is 27.9 Å². The molecule has 0 saturated carbocycles. The number of nitrogens with one attached hydrogen (secondary N) is 1. The van der Waals surface area contributed by atoms with Crippen LogP contribution in [-0.2, 0) is 9.47 Å². The van der Waals surface area contributed by atoms with Crippen LogP contribution in [0.3, 0.4) is 0 Å². The van der Waals surface area contributed by atoms with Crippen LogP contribution < -0.4 is 11.1 Å². The molecule has 0 aromatic heterocycles. The van der Waals surface area contributed by atoms with Crippen LogP contribution in [0.4, 0.5) is 10.5 Å². The number of rotatable bonds is 7. The number of aromatic carboxylic acids is 1. The van der Waals surface area contributed by atoms with Crippen LogP contribution in [-0.4, -0.2) is 47.6 Å². The Kier molecular flexibility index (Phi) is 8.85. The summed E-state index contributed by atoms with van der Waals surface area (Å²) < 4.78 is 10.00. The molecule has 0 aliphatic carbocycles. The molecule has 3 rings (SSSR count). The Morgan fingerprint density at radius 2 is 1.52 bits per heavy atom. The lowest BCUT2D eigenvalue weighted by atomic mass is 9.92. The van der Waals surface area contributed by atoms with Crippen molar-refractivity contribution in [1.82, 2.24) is 0 Å². The number of nitrogens with zero attached hydrogens (tertiary/aromatic N) is 1. The number of amidine groups is 1. The Hall–Kier alpha value is -5.25. The van der Waals surface area contributed by atoms with Crippen LogP contribution in [0.2, 0.25) is 0 Å². The van der Waals surface area contributed by atoms with Gasteiger partial charge in [-0.25, -0.2) is 14.4 Å². The molecular formula is C30H29N3O7. The molecule has 3 aromatic rings. The lowest BCUT2D eigenvalue weighted by Crippen LogP contribution is -2.24.